The van der Waals surface area contributed by atoms with Crippen molar-refractivity contribution in [1.29, 1.82) is 0 Å². The number of rotatable bonds is 3. The van der Waals surface area contributed by atoms with E-state index in [9.17, 15) is 18.0 Å². The van der Waals surface area contributed by atoms with Crippen molar-refractivity contribution in [3.8, 4) is 11.6 Å². The first-order valence-electron chi connectivity index (χ1n) is 6.83. The Morgan fingerprint density at radius 2 is 2.00 bits per heavy atom. The fourth-order valence-electron chi connectivity index (χ4n) is 2.27. The van der Waals surface area contributed by atoms with Gasteiger partial charge < -0.3 is 9.09 Å². The van der Waals surface area contributed by atoms with Gasteiger partial charge in [-0.15, -0.1) is 0 Å². The van der Waals surface area contributed by atoms with Gasteiger partial charge in [-0.1, -0.05) is 23.4 Å². The first-order chi connectivity index (χ1) is 10.8. The van der Waals surface area contributed by atoms with Crippen molar-refractivity contribution in [3.63, 3.8) is 0 Å². The lowest BCUT2D eigenvalue weighted by Crippen LogP contribution is -2.18. The molecular formula is C15H12F3N3O2. The van der Waals surface area contributed by atoms with Gasteiger partial charge >= 0.3 is 6.18 Å². The van der Waals surface area contributed by atoms with Gasteiger partial charge in [0.2, 0.25) is 0 Å². The summed E-state index contributed by atoms with van der Waals surface area (Å²) in [5, 5.41) is 4.78. The van der Waals surface area contributed by atoms with Gasteiger partial charge in [0.05, 0.1) is 6.42 Å². The van der Waals surface area contributed by atoms with E-state index >= 15 is 0 Å². The second kappa shape index (κ2) is 5.53. The predicted molar refractivity (Wildman–Crippen MR) is 76.9 cm³/mol. The third-order valence-electron chi connectivity index (χ3n) is 3.47. The van der Waals surface area contributed by atoms with Crippen LogP contribution in [-0.4, -0.2) is 20.9 Å². The van der Waals surface area contributed by atoms with E-state index in [1.54, 1.807) is 37.4 Å². The summed E-state index contributed by atoms with van der Waals surface area (Å²) >= 11 is 0. The van der Waals surface area contributed by atoms with Gasteiger partial charge in [-0.05, 0) is 17.5 Å². The molecule has 0 atom stereocenters. The van der Waals surface area contributed by atoms with Crippen LogP contribution >= 0.6 is 0 Å². The predicted octanol–water partition coefficient (Wildman–Crippen LogP) is 3.08. The number of halogens is 3. The highest BCUT2D eigenvalue weighted by Crippen LogP contribution is 2.23. The molecule has 1 aromatic carbocycles. The van der Waals surface area contributed by atoms with Crippen molar-refractivity contribution in [2.24, 2.45) is 7.05 Å². The lowest BCUT2D eigenvalue weighted by molar-refractivity contribution is -0.134. The third kappa shape index (κ3) is 3.10. The molecule has 23 heavy (non-hydrogen) atoms. The van der Waals surface area contributed by atoms with Crippen LogP contribution < -0.4 is 5.56 Å². The van der Waals surface area contributed by atoms with E-state index in [1.165, 1.54) is 4.57 Å². The Hall–Kier alpha value is -2.64. The molecule has 0 amide bonds. The molecule has 0 N–H and O–H groups in total. The average Bonchev–Trinajstić information content (AvgIpc) is 2.97. The van der Waals surface area contributed by atoms with Crippen LogP contribution in [0.25, 0.3) is 22.4 Å². The molecule has 3 aromatic rings. The second-order valence-electron chi connectivity index (χ2n) is 5.11. The molecule has 2 aromatic heterocycles. The Morgan fingerprint density at radius 3 is 2.74 bits per heavy atom. The van der Waals surface area contributed by atoms with E-state index in [0.29, 0.717) is 16.5 Å². The van der Waals surface area contributed by atoms with Crippen LogP contribution in [0.2, 0.25) is 0 Å². The zero-order valence-electron chi connectivity index (χ0n) is 12.1. The van der Waals surface area contributed by atoms with Crippen molar-refractivity contribution >= 4 is 10.8 Å². The summed E-state index contributed by atoms with van der Waals surface area (Å²) in [4.78, 5) is 16.3. The Labute approximate surface area is 128 Å². The van der Waals surface area contributed by atoms with E-state index in [-0.39, 0.29) is 23.7 Å². The highest BCUT2D eigenvalue weighted by atomic mass is 19.4. The van der Waals surface area contributed by atoms with Crippen LogP contribution in [0.4, 0.5) is 13.2 Å². The summed E-state index contributed by atoms with van der Waals surface area (Å²) in [6.45, 7) is 0. The van der Waals surface area contributed by atoms with Gasteiger partial charge in [0.1, 0.15) is 5.69 Å². The van der Waals surface area contributed by atoms with Crippen LogP contribution in [0.3, 0.4) is 0 Å². The molecule has 5 nitrogen and oxygen atoms in total. The number of hydrogen-bond donors (Lipinski definition) is 0. The van der Waals surface area contributed by atoms with Crippen molar-refractivity contribution < 1.29 is 17.7 Å². The van der Waals surface area contributed by atoms with Gasteiger partial charge in [-0.3, -0.25) is 4.79 Å². The summed E-state index contributed by atoms with van der Waals surface area (Å²) in [7, 11) is 1.55. The number of benzene rings is 1. The summed E-state index contributed by atoms with van der Waals surface area (Å²) in [5.74, 6) is -0.0227. The lowest BCUT2D eigenvalue weighted by Gasteiger charge is -2.06. The Kier molecular flexibility index (Phi) is 3.67. The van der Waals surface area contributed by atoms with Crippen LogP contribution in [0.15, 0.2) is 39.6 Å². The minimum absolute atomic E-state index is 0.0209. The number of pyridine rings is 1. The Bertz CT molecular complexity index is 912. The van der Waals surface area contributed by atoms with Gasteiger partial charge in [-0.2, -0.15) is 18.2 Å². The summed E-state index contributed by atoms with van der Waals surface area (Å²) in [6, 6.07) is 8.70. The zero-order chi connectivity index (χ0) is 16.6. The Balaban J connectivity index is 1.99. The number of hydrogen-bond acceptors (Lipinski definition) is 4. The standard InChI is InChI=1S/C15H12F3N3O2/c1-21-11(8-9-4-2-3-5-10(9)14(21)22)13-19-12(20-23-13)6-7-15(16,17)18/h2-5,8H,6-7H2,1H3. The molecule has 120 valence electrons. The maximum absolute atomic E-state index is 12.3. The van der Waals surface area contributed by atoms with E-state index in [1.807, 2.05) is 0 Å². The van der Waals surface area contributed by atoms with E-state index in [4.69, 9.17) is 4.52 Å². The monoisotopic (exact) mass is 323 g/mol. The molecule has 0 unspecified atom stereocenters. The van der Waals surface area contributed by atoms with Crippen LogP contribution in [0.5, 0.6) is 0 Å². The molecule has 0 bridgehead atoms. The Morgan fingerprint density at radius 1 is 1.26 bits per heavy atom. The molecule has 2 heterocycles. The van der Waals surface area contributed by atoms with E-state index in [0.717, 1.165) is 0 Å². The SMILES string of the molecule is Cn1c(-c2nc(CCC(F)(F)F)no2)cc2ccccc2c1=O. The van der Waals surface area contributed by atoms with Gasteiger partial charge in [0, 0.05) is 18.9 Å². The number of fused-ring (bicyclic) bond motifs is 1. The molecule has 0 aliphatic heterocycles. The highest BCUT2D eigenvalue weighted by Gasteiger charge is 2.27. The summed E-state index contributed by atoms with van der Waals surface area (Å²) in [6.07, 6.45) is -5.67. The van der Waals surface area contributed by atoms with E-state index < -0.39 is 12.6 Å². The van der Waals surface area contributed by atoms with E-state index in [2.05, 4.69) is 10.1 Å². The first kappa shape index (κ1) is 15.3. The molecule has 0 radical (unpaired) electrons. The minimum Gasteiger partial charge on any atom is -0.332 e. The molecule has 3 rings (SSSR count). The molecular weight excluding hydrogens is 311 g/mol. The smallest absolute Gasteiger partial charge is 0.332 e. The average molecular weight is 323 g/mol. The molecule has 0 spiro atoms. The van der Waals surface area contributed by atoms with Crippen LogP contribution in [0, 0.1) is 0 Å². The largest absolute Gasteiger partial charge is 0.389 e. The second-order valence-corrected chi connectivity index (χ2v) is 5.11. The molecule has 0 fully saturated rings. The molecule has 0 aliphatic carbocycles. The maximum Gasteiger partial charge on any atom is 0.389 e. The number of aromatic nitrogens is 3. The molecule has 0 saturated carbocycles. The van der Waals surface area contributed by atoms with Crippen molar-refractivity contribution in [1.82, 2.24) is 14.7 Å². The van der Waals surface area contributed by atoms with Crippen LogP contribution in [0.1, 0.15) is 12.2 Å². The molecule has 8 heteroatoms. The molecule has 0 saturated heterocycles. The number of nitrogens with zero attached hydrogens (tertiary/aromatic N) is 3. The number of aryl methyl sites for hydroxylation is 1. The van der Waals surface area contributed by atoms with Crippen molar-refractivity contribution in [2.75, 3.05) is 0 Å². The lowest BCUT2D eigenvalue weighted by atomic mass is 10.1. The normalized spacial score (nSPS) is 12.0. The zero-order valence-corrected chi connectivity index (χ0v) is 12.1. The van der Waals surface area contributed by atoms with Gasteiger partial charge in [-0.25, -0.2) is 0 Å². The quantitative estimate of drug-likeness (QED) is 0.743. The maximum atomic E-state index is 12.3. The van der Waals surface area contributed by atoms with Crippen molar-refractivity contribution in [2.45, 2.75) is 19.0 Å². The fourth-order valence-corrected chi connectivity index (χ4v) is 2.27. The van der Waals surface area contributed by atoms with Crippen LogP contribution in [-0.2, 0) is 13.5 Å². The summed E-state index contributed by atoms with van der Waals surface area (Å²) < 4.78 is 43.0. The van der Waals surface area contributed by atoms with Gasteiger partial charge in [0.15, 0.2) is 5.82 Å². The summed E-state index contributed by atoms with van der Waals surface area (Å²) in [5.41, 5.74) is 0.118. The van der Waals surface area contributed by atoms with Crippen molar-refractivity contribution in [3.05, 3.63) is 46.5 Å². The topological polar surface area (TPSA) is 60.9 Å². The third-order valence-corrected chi connectivity index (χ3v) is 3.47. The van der Waals surface area contributed by atoms with Gasteiger partial charge in [0.25, 0.3) is 11.4 Å². The first-order valence-corrected chi connectivity index (χ1v) is 6.83. The highest BCUT2D eigenvalue weighted by molar-refractivity contribution is 5.84. The molecule has 0 aliphatic rings. The fraction of sp³-hybridized carbons (Fsp3) is 0.267. The number of alkyl halides is 3. The minimum atomic E-state index is -4.28.